The van der Waals surface area contributed by atoms with Crippen LogP contribution in [0.3, 0.4) is 0 Å². The minimum Gasteiger partial charge on any atom is -0.355 e. The predicted molar refractivity (Wildman–Crippen MR) is 50.1 cm³/mol. The lowest BCUT2D eigenvalue weighted by Crippen LogP contribution is -2.40. The van der Waals surface area contributed by atoms with Crippen LogP contribution in [0.15, 0.2) is 0 Å². The molecule has 0 saturated heterocycles. The fourth-order valence-electron chi connectivity index (χ4n) is 1.79. The number of nitrogens with one attached hydrogen (secondary N) is 1. The Hall–Kier alpha value is -1.18. The molecule has 0 heterocycles. The second kappa shape index (κ2) is 5.06. The van der Waals surface area contributed by atoms with E-state index in [0.717, 1.165) is 6.42 Å². The van der Waals surface area contributed by atoms with Gasteiger partial charge in [-0.2, -0.15) is 5.26 Å². The molecule has 1 aliphatic carbocycles. The number of hydrogen-bond acceptors (Lipinski definition) is 2. The van der Waals surface area contributed by atoms with Gasteiger partial charge < -0.3 is 5.32 Å². The third-order valence-electron chi connectivity index (χ3n) is 2.70. The van der Waals surface area contributed by atoms with Crippen LogP contribution in [0.2, 0.25) is 0 Å². The Kier molecular flexibility index (Phi) is 4.01. The van der Waals surface area contributed by atoms with Gasteiger partial charge in [0.05, 0.1) is 6.07 Å². The molecule has 15 heavy (non-hydrogen) atoms. The Morgan fingerprint density at radius 2 is 2.27 bits per heavy atom. The van der Waals surface area contributed by atoms with Crippen LogP contribution in [0.4, 0.5) is 8.78 Å². The highest BCUT2D eigenvalue weighted by atomic mass is 19.3. The van der Waals surface area contributed by atoms with Gasteiger partial charge >= 0.3 is 0 Å². The van der Waals surface area contributed by atoms with Gasteiger partial charge in [0.25, 0.3) is 5.92 Å². The summed E-state index contributed by atoms with van der Waals surface area (Å²) in [6, 6.07) is 1.68. The lowest BCUT2D eigenvalue weighted by Gasteiger charge is -2.31. The van der Waals surface area contributed by atoms with Crippen molar-refractivity contribution in [2.24, 2.45) is 5.92 Å². The van der Waals surface area contributed by atoms with Crippen molar-refractivity contribution in [3.63, 3.8) is 0 Å². The number of carbonyl (C=O) groups is 1. The summed E-state index contributed by atoms with van der Waals surface area (Å²) in [7, 11) is 0. The average molecular weight is 216 g/mol. The number of alkyl halides is 2. The fraction of sp³-hybridized carbons (Fsp3) is 0.800. The Bertz CT molecular complexity index is 273. The molecule has 1 aliphatic rings. The molecule has 0 spiro atoms. The molecule has 0 aromatic heterocycles. The first-order chi connectivity index (χ1) is 7.06. The normalized spacial score (nSPS) is 24.2. The molecule has 84 valence electrons. The summed E-state index contributed by atoms with van der Waals surface area (Å²) in [6.45, 7) is -0.0203. The van der Waals surface area contributed by atoms with E-state index in [1.165, 1.54) is 0 Å². The Morgan fingerprint density at radius 1 is 1.53 bits per heavy atom. The van der Waals surface area contributed by atoms with Crippen molar-refractivity contribution in [2.75, 3.05) is 6.54 Å². The third-order valence-corrected chi connectivity index (χ3v) is 2.70. The van der Waals surface area contributed by atoms with Gasteiger partial charge in [0.2, 0.25) is 5.91 Å². The highest BCUT2D eigenvalue weighted by molar-refractivity contribution is 5.77. The first-order valence-corrected chi connectivity index (χ1v) is 5.08. The zero-order valence-electron chi connectivity index (χ0n) is 8.43. The largest absolute Gasteiger partial charge is 0.355 e. The number of carbonyl (C=O) groups excluding carboxylic acids is 1. The molecular weight excluding hydrogens is 202 g/mol. The van der Waals surface area contributed by atoms with Crippen molar-refractivity contribution in [3.05, 3.63) is 0 Å². The molecule has 0 unspecified atom stereocenters. The van der Waals surface area contributed by atoms with Gasteiger partial charge in [-0.15, -0.1) is 0 Å². The third kappa shape index (κ3) is 3.46. The first kappa shape index (κ1) is 11.9. The summed E-state index contributed by atoms with van der Waals surface area (Å²) in [6.07, 6.45) is 1.42. The van der Waals surface area contributed by atoms with Gasteiger partial charge in [-0.05, 0) is 12.8 Å². The minimum atomic E-state index is -2.67. The molecule has 1 fully saturated rings. The maximum absolute atomic E-state index is 13.3. The van der Waals surface area contributed by atoms with E-state index in [1.807, 2.05) is 0 Å². The summed E-state index contributed by atoms with van der Waals surface area (Å²) in [4.78, 5) is 10.9. The van der Waals surface area contributed by atoms with Crippen LogP contribution < -0.4 is 5.32 Å². The number of amides is 1. The SMILES string of the molecule is N#CCC(=O)NC[C@H]1CCCCC1(F)F. The molecule has 1 amide bonds. The van der Waals surface area contributed by atoms with Crippen molar-refractivity contribution in [1.82, 2.24) is 5.32 Å². The van der Waals surface area contributed by atoms with Crippen LogP contribution in [-0.2, 0) is 4.79 Å². The predicted octanol–water partition coefficient (Wildman–Crippen LogP) is 1.84. The lowest BCUT2D eigenvalue weighted by atomic mass is 9.85. The summed E-state index contributed by atoms with van der Waals surface area (Å²) in [5.41, 5.74) is 0. The molecule has 1 N–H and O–H groups in total. The van der Waals surface area contributed by atoms with E-state index in [4.69, 9.17) is 5.26 Å². The molecule has 1 saturated carbocycles. The summed E-state index contributed by atoms with van der Waals surface area (Å²) < 4.78 is 26.6. The van der Waals surface area contributed by atoms with E-state index in [9.17, 15) is 13.6 Å². The number of nitriles is 1. The Morgan fingerprint density at radius 3 is 2.87 bits per heavy atom. The number of nitrogens with zero attached hydrogens (tertiary/aromatic N) is 1. The van der Waals surface area contributed by atoms with Crippen molar-refractivity contribution in [1.29, 1.82) is 5.26 Å². The van der Waals surface area contributed by atoms with E-state index >= 15 is 0 Å². The van der Waals surface area contributed by atoms with Crippen LogP contribution in [-0.4, -0.2) is 18.4 Å². The van der Waals surface area contributed by atoms with Gasteiger partial charge in [0, 0.05) is 18.9 Å². The van der Waals surface area contributed by atoms with Gasteiger partial charge in [-0.25, -0.2) is 8.78 Å². The summed E-state index contributed by atoms with van der Waals surface area (Å²) in [5.74, 6) is -3.91. The monoisotopic (exact) mass is 216 g/mol. The quantitative estimate of drug-likeness (QED) is 0.782. The van der Waals surface area contributed by atoms with E-state index in [0.29, 0.717) is 12.8 Å². The van der Waals surface area contributed by atoms with Gasteiger partial charge in [-0.1, -0.05) is 6.42 Å². The molecule has 1 rings (SSSR count). The second-order valence-corrected chi connectivity index (χ2v) is 3.84. The maximum atomic E-state index is 13.3. The zero-order chi connectivity index (χ0) is 11.3. The number of hydrogen-bond donors (Lipinski definition) is 1. The maximum Gasteiger partial charge on any atom is 0.252 e. The molecule has 1 atom stereocenters. The average Bonchev–Trinajstić information content (AvgIpc) is 2.16. The smallest absolute Gasteiger partial charge is 0.252 e. The fourth-order valence-corrected chi connectivity index (χ4v) is 1.79. The van der Waals surface area contributed by atoms with Gasteiger partial charge in [0.15, 0.2) is 0 Å². The molecule has 0 aromatic carbocycles. The highest BCUT2D eigenvalue weighted by Crippen LogP contribution is 2.37. The lowest BCUT2D eigenvalue weighted by molar-refractivity contribution is -0.122. The topological polar surface area (TPSA) is 52.9 Å². The van der Waals surface area contributed by atoms with Crippen LogP contribution >= 0.6 is 0 Å². The summed E-state index contributed by atoms with van der Waals surface area (Å²) >= 11 is 0. The molecule has 5 heteroatoms. The highest BCUT2D eigenvalue weighted by Gasteiger charge is 2.41. The van der Waals surface area contributed by atoms with Crippen molar-refractivity contribution >= 4 is 5.91 Å². The Labute approximate surface area is 87.5 Å². The van der Waals surface area contributed by atoms with E-state index < -0.39 is 17.7 Å². The van der Waals surface area contributed by atoms with Crippen molar-refractivity contribution in [2.45, 2.75) is 38.0 Å². The first-order valence-electron chi connectivity index (χ1n) is 5.08. The van der Waals surface area contributed by atoms with Crippen LogP contribution in [0.1, 0.15) is 32.1 Å². The van der Waals surface area contributed by atoms with Gasteiger partial charge in [-0.3, -0.25) is 4.79 Å². The minimum absolute atomic E-state index is 0.0203. The van der Waals surface area contributed by atoms with Crippen molar-refractivity contribution < 1.29 is 13.6 Å². The van der Waals surface area contributed by atoms with Gasteiger partial charge in [0.1, 0.15) is 6.42 Å². The van der Waals surface area contributed by atoms with Crippen LogP contribution in [0, 0.1) is 17.2 Å². The molecule has 0 aliphatic heterocycles. The molecule has 0 aromatic rings. The van der Waals surface area contributed by atoms with E-state index in [-0.39, 0.29) is 19.4 Å². The van der Waals surface area contributed by atoms with Crippen molar-refractivity contribution in [3.8, 4) is 6.07 Å². The number of rotatable bonds is 3. The molecule has 3 nitrogen and oxygen atoms in total. The number of halogens is 2. The van der Waals surface area contributed by atoms with Crippen LogP contribution in [0.25, 0.3) is 0 Å². The van der Waals surface area contributed by atoms with E-state index in [1.54, 1.807) is 6.07 Å². The van der Waals surface area contributed by atoms with Crippen LogP contribution in [0.5, 0.6) is 0 Å². The second-order valence-electron chi connectivity index (χ2n) is 3.84. The Balaban J connectivity index is 2.37. The zero-order valence-corrected chi connectivity index (χ0v) is 8.43. The molecule has 0 bridgehead atoms. The summed E-state index contributed by atoms with van der Waals surface area (Å²) in [5, 5.41) is 10.6. The molecule has 0 radical (unpaired) electrons. The molecular formula is C10H14F2N2O. The van der Waals surface area contributed by atoms with E-state index in [2.05, 4.69) is 5.32 Å². The standard InChI is InChI=1S/C10H14F2N2O/c11-10(12)5-2-1-3-8(10)7-14-9(15)4-6-13/h8H,1-5,7H2,(H,14,15)/t8-/m1/s1.